The van der Waals surface area contributed by atoms with Crippen LogP contribution >= 0.6 is 0 Å². The highest BCUT2D eigenvalue weighted by Gasteiger charge is 2.39. The van der Waals surface area contributed by atoms with Gasteiger partial charge in [-0.3, -0.25) is 0 Å². The first-order chi connectivity index (χ1) is 27.1. The number of ether oxygens (including phenoxy) is 7. The second kappa shape index (κ2) is 21.7. The molecule has 2 heterocycles. The quantitative estimate of drug-likeness (QED) is 0.112. The van der Waals surface area contributed by atoms with Gasteiger partial charge in [-0.05, 0) is 93.1 Å². The van der Waals surface area contributed by atoms with Gasteiger partial charge in [0.25, 0.3) is 0 Å². The van der Waals surface area contributed by atoms with E-state index >= 15 is 0 Å². The molecule has 10 heteroatoms. The average molecular weight is 803 g/mol. The highest BCUT2D eigenvalue weighted by Crippen LogP contribution is 2.38. The van der Waals surface area contributed by atoms with Crippen molar-refractivity contribution in [1.82, 2.24) is 0 Å². The van der Waals surface area contributed by atoms with Gasteiger partial charge in [0.2, 0.25) is 0 Å². The molecular formula is C47H66O9Si. The van der Waals surface area contributed by atoms with Crippen molar-refractivity contribution in [1.29, 1.82) is 0 Å². The van der Waals surface area contributed by atoms with Crippen LogP contribution in [0.25, 0.3) is 0 Å². The van der Waals surface area contributed by atoms with Gasteiger partial charge < -0.3 is 37.6 Å². The summed E-state index contributed by atoms with van der Waals surface area (Å²) in [6.45, 7) is 20.5. The number of rotatable bonds is 13. The lowest BCUT2D eigenvalue weighted by atomic mass is 9.95. The molecule has 5 atom stereocenters. The number of carbonyl (C=O) groups is 1. The predicted molar refractivity (Wildman–Crippen MR) is 229 cm³/mol. The number of fused-ring (bicyclic) bond motifs is 2. The Balaban J connectivity index is 1.64. The van der Waals surface area contributed by atoms with Crippen LogP contribution < -0.4 is 14.2 Å². The maximum absolute atomic E-state index is 13.6. The van der Waals surface area contributed by atoms with Gasteiger partial charge in [0, 0.05) is 12.5 Å². The van der Waals surface area contributed by atoms with E-state index in [2.05, 4.69) is 65.6 Å². The van der Waals surface area contributed by atoms with E-state index in [1.54, 1.807) is 27.4 Å². The highest BCUT2D eigenvalue weighted by atomic mass is 28.4. The standard InChI is InChI=1S/C47H66O9Si/c1-33-14-12-17-46(48)55-44(28-35(3)27-41-26-34(2)25-39(54-41)15-13-16-40(24-33)56-57(10,11)47(4,5)6)45(53-31-36-18-21-38(49-7)22-19-36)32-52-30-37-20-23-42(50-8)43(29-37)51-9/h12-14,16-23,27,29,39-41,44-45H,2,15,24-26,28,30-32H2,1,3-11H3/b16-13+,17-12+,33-14-,35-27+/t39-,40+,41-,44+,45+/m1/s1. The van der Waals surface area contributed by atoms with Crippen molar-refractivity contribution in [3.63, 3.8) is 0 Å². The maximum Gasteiger partial charge on any atom is 0.331 e. The summed E-state index contributed by atoms with van der Waals surface area (Å²) in [6, 6.07) is 13.4. The molecule has 0 N–H and O–H groups in total. The number of carbonyl (C=O) groups excluding carboxylic acids is 1. The van der Waals surface area contributed by atoms with Crippen LogP contribution in [0.5, 0.6) is 17.2 Å². The average Bonchev–Trinajstić information content (AvgIpc) is 3.14. The first-order valence-corrected chi connectivity index (χ1v) is 22.9. The molecule has 0 unspecified atom stereocenters. The maximum atomic E-state index is 13.6. The zero-order chi connectivity index (χ0) is 41.6. The second-order valence-corrected chi connectivity index (χ2v) is 21.5. The summed E-state index contributed by atoms with van der Waals surface area (Å²) in [5.41, 5.74) is 5.12. The summed E-state index contributed by atoms with van der Waals surface area (Å²) in [7, 11) is 2.79. The first kappa shape index (κ1) is 45.8. The van der Waals surface area contributed by atoms with Gasteiger partial charge in [-0.2, -0.15) is 0 Å². The van der Waals surface area contributed by atoms with E-state index in [1.807, 2.05) is 55.5 Å². The van der Waals surface area contributed by atoms with Gasteiger partial charge in [-0.15, -0.1) is 0 Å². The predicted octanol–water partition coefficient (Wildman–Crippen LogP) is 10.4. The van der Waals surface area contributed by atoms with Gasteiger partial charge in [0.1, 0.15) is 18.0 Å². The van der Waals surface area contributed by atoms with Crippen molar-refractivity contribution >= 4 is 14.3 Å². The molecule has 312 valence electrons. The van der Waals surface area contributed by atoms with Crippen molar-refractivity contribution in [3.05, 3.63) is 113 Å². The first-order valence-electron chi connectivity index (χ1n) is 20.0. The number of hydrogen-bond acceptors (Lipinski definition) is 9. The van der Waals surface area contributed by atoms with Crippen molar-refractivity contribution in [3.8, 4) is 17.2 Å². The molecule has 0 aromatic heterocycles. The Morgan fingerprint density at radius 3 is 2.28 bits per heavy atom. The van der Waals surface area contributed by atoms with E-state index in [0.717, 1.165) is 52.9 Å². The Bertz CT molecular complexity index is 1730. The lowest BCUT2D eigenvalue weighted by molar-refractivity contribution is -0.157. The van der Waals surface area contributed by atoms with E-state index < -0.39 is 26.5 Å². The van der Waals surface area contributed by atoms with Gasteiger partial charge in [-0.1, -0.05) is 92.6 Å². The zero-order valence-electron chi connectivity index (χ0n) is 35.9. The highest BCUT2D eigenvalue weighted by molar-refractivity contribution is 6.74. The molecule has 0 radical (unpaired) electrons. The molecule has 1 saturated heterocycles. The molecule has 9 nitrogen and oxygen atoms in total. The lowest BCUT2D eigenvalue weighted by Gasteiger charge is -2.39. The number of allylic oxidation sites excluding steroid dienone is 2. The molecule has 2 aromatic carbocycles. The van der Waals surface area contributed by atoms with E-state index in [-0.39, 0.29) is 43.2 Å². The smallest absolute Gasteiger partial charge is 0.331 e. The SMILES string of the molecule is C=C1C[C@H]2C/C=C/[C@H](O[Si](C)(C)C(C)(C)C)C/C(C)=C\C=C\C(=O)O[C@H]([C@H](COCc3ccc(OC)c(OC)c3)OCc3ccc(OC)cc3)C/C(C)=C/[C@@H](C1)O2. The fourth-order valence-electron chi connectivity index (χ4n) is 6.62. The molecule has 0 spiro atoms. The molecule has 2 aliphatic heterocycles. The molecule has 2 bridgehead atoms. The molecule has 0 aliphatic carbocycles. The van der Waals surface area contributed by atoms with Crippen molar-refractivity contribution in [2.75, 3.05) is 27.9 Å². The summed E-state index contributed by atoms with van der Waals surface area (Å²) in [4.78, 5) is 13.6. The van der Waals surface area contributed by atoms with Crippen LogP contribution in [-0.4, -0.2) is 72.7 Å². The Morgan fingerprint density at radius 2 is 1.60 bits per heavy atom. The van der Waals surface area contributed by atoms with Gasteiger partial charge in [0.15, 0.2) is 19.8 Å². The number of hydrogen-bond donors (Lipinski definition) is 0. The molecular weight excluding hydrogens is 737 g/mol. The van der Waals surface area contributed by atoms with Crippen molar-refractivity contribution < 1.29 is 42.4 Å². The third-order valence-corrected chi connectivity index (χ3v) is 15.3. The lowest BCUT2D eigenvalue weighted by Crippen LogP contribution is -2.43. The van der Waals surface area contributed by atoms with Gasteiger partial charge in [0.05, 0.1) is 59.5 Å². The molecule has 4 rings (SSSR count). The van der Waals surface area contributed by atoms with E-state index in [1.165, 1.54) is 6.08 Å². The van der Waals surface area contributed by atoms with Crippen LogP contribution in [0, 0.1) is 0 Å². The van der Waals surface area contributed by atoms with E-state index in [0.29, 0.717) is 24.3 Å². The van der Waals surface area contributed by atoms with Crippen LogP contribution in [0.15, 0.2) is 102 Å². The fraction of sp³-hybridized carbons (Fsp3) is 0.511. The largest absolute Gasteiger partial charge is 0.497 e. The minimum atomic E-state index is -2.06. The van der Waals surface area contributed by atoms with Crippen LogP contribution in [0.1, 0.15) is 77.8 Å². The molecule has 1 fully saturated rings. The van der Waals surface area contributed by atoms with Crippen LogP contribution in [0.2, 0.25) is 18.1 Å². The molecule has 2 aromatic rings. The van der Waals surface area contributed by atoms with Crippen molar-refractivity contribution in [2.24, 2.45) is 0 Å². The van der Waals surface area contributed by atoms with Crippen LogP contribution in [-0.2, 0) is 41.4 Å². The number of cyclic esters (lactones) is 1. The monoisotopic (exact) mass is 802 g/mol. The minimum Gasteiger partial charge on any atom is -0.497 e. The number of methoxy groups -OCH3 is 3. The van der Waals surface area contributed by atoms with Crippen LogP contribution in [0.3, 0.4) is 0 Å². The molecule has 0 saturated carbocycles. The minimum absolute atomic E-state index is 0.00251. The Labute approximate surface area is 342 Å². The summed E-state index contributed by atoms with van der Waals surface area (Å²) >= 11 is 0. The van der Waals surface area contributed by atoms with Gasteiger partial charge in [-0.25, -0.2) is 4.79 Å². The summed E-state index contributed by atoms with van der Waals surface area (Å²) < 4.78 is 48.9. The van der Waals surface area contributed by atoms with Crippen molar-refractivity contribution in [2.45, 2.75) is 129 Å². The zero-order valence-corrected chi connectivity index (χ0v) is 36.9. The number of benzene rings is 2. The third-order valence-electron chi connectivity index (χ3n) is 10.8. The summed E-state index contributed by atoms with van der Waals surface area (Å²) in [6.07, 6.45) is 13.7. The fourth-order valence-corrected chi connectivity index (χ4v) is 7.90. The Morgan fingerprint density at radius 1 is 0.877 bits per heavy atom. The summed E-state index contributed by atoms with van der Waals surface area (Å²) in [5, 5.41) is 0.0663. The Kier molecular flexibility index (Phi) is 17.4. The van der Waals surface area contributed by atoms with Crippen LogP contribution in [0.4, 0.5) is 0 Å². The van der Waals surface area contributed by atoms with Gasteiger partial charge >= 0.3 is 5.97 Å². The topological polar surface area (TPSA) is 90.9 Å². The Hall–Kier alpha value is -3.93. The normalized spacial score (nSPS) is 25.0. The summed E-state index contributed by atoms with van der Waals surface area (Å²) in [5.74, 6) is 1.55. The molecule has 2 aliphatic rings. The van der Waals surface area contributed by atoms with E-state index in [9.17, 15) is 4.79 Å². The van der Waals surface area contributed by atoms with E-state index in [4.69, 9.17) is 37.6 Å². The second-order valence-electron chi connectivity index (χ2n) is 16.7. The molecule has 0 amide bonds. The third kappa shape index (κ3) is 14.7. The number of esters is 1. The molecule has 57 heavy (non-hydrogen) atoms.